The molecule has 10 N–H and O–H groups in total. The van der Waals surface area contributed by atoms with Gasteiger partial charge in [-0.2, -0.15) is 0 Å². The number of phenols is 4. The Kier molecular flexibility index (Phi) is 8.16. The summed E-state index contributed by atoms with van der Waals surface area (Å²) in [5.74, 6) is -3.26. The summed E-state index contributed by atoms with van der Waals surface area (Å²) < 4.78 is 27.4. The molecule has 9 atom stereocenters. The molecule has 1 aromatic heterocycles. The number of phenolic OH excluding ortho intramolecular Hbond substituents is 4. The molecular formula is C27H30O16. The number of aromatic hydroxyl groups is 4. The molecule has 0 bridgehead atoms. The minimum atomic E-state index is -2.32. The van der Waals surface area contributed by atoms with Crippen molar-refractivity contribution >= 4 is 11.0 Å². The van der Waals surface area contributed by atoms with E-state index in [0.717, 1.165) is 24.3 Å². The SMILES string of the molecule is CC1O[C@@H](OC[C@@]2(O)CO[C@@H](Oc3c(-c4ccc(O)c(O)c4)oc4cc(O)cc(O)c4c3=O)C(O)[C@H]2O)C(O)[C@@H](O)[C@H]1O. The number of aliphatic hydroxyl groups is 6. The molecular weight excluding hydrogens is 580 g/mol. The van der Waals surface area contributed by atoms with Gasteiger partial charge < -0.3 is 74.4 Å². The molecule has 234 valence electrons. The molecule has 16 heteroatoms. The first-order valence-corrected chi connectivity index (χ1v) is 12.9. The lowest BCUT2D eigenvalue weighted by Crippen LogP contribution is -2.65. The summed E-state index contributed by atoms with van der Waals surface area (Å²) in [5, 5.41) is 102. The second kappa shape index (κ2) is 11.4. The summed E-state index contributed by atoms with van der Waals surface area (Å²) in [4.78, 5) is 13.5. The van der Waals surface area contributed by atoms with Crippen LogP contribution in [0.15, 0.2) is 39.5 Å². The van der Waals surface area contributed by atoms with Gasteiger partial charge in [0.15, 0.2) is 23.5 Å². The molecule has 2 fully saturated rings. The molecule has 0 radical (unpaired) electrons. The Morgan fingerprint density at radius 3 is 2.30 bits per heavy atom. The van der Waals surface area contributed by atoms with Crippen LogP contribution in [0.4, 0.5) is 0 Å². The zero-order chi connectivity index (χ0) is 31.4. The van der Waals surface area contributed by atoms with E-state index in [1.165, 1.54) is 13.0 Å². The third-order valence-electron chi connectivity index (χ3n) is 7.35. The summed E-state index contributed by atoms with van der Waals surface area (Å²) in [6, 6.07) is 5.26. The second-order valence-corrected chi connectivity index (χ2v) is 10.5. The van der Waals surface area contributed by atoms with Crippen molar-refractivity contribution in [2.75, 3.05) is 13.2 Å². The van der Waals surface area contributed by atoms with Crippen LogP contribution in [0.3, 0.4) is 0 Å². The molecule has 3 aromatic rings. The Morgan fingerprint density at radius 2 is 1.60 bits per heavy atom. The summed E-state index contributed by atoms with van der Waals surface area (Å²) in [6.45, 7) is -0.135. The first-order chi connectivity index (χ1) is 20.2. The molecule has 16 nitrogen and oxygen atoms in total. The van der Waals surface area contributed by atoms with Gasteiger partial charge in [0, 0.05) is 17.7 Å². The van der Waals surface area contributed by atoms with Crippen molar-refractivity contribution in [3.8, 4) is 40.1 Å². The highest BCUT2D eigenvalue weighted by molar-refractivity contribution is 5.88. The van der Waals surface area contributed by atoms with Crippen LogP contribution in [-0.4, -0.2) is 119 Å². The van der Waals surface area contributed by atoms with E-state index < -0.39 is 108 Å². The van der Waals surface area contributed by atoms with Crippen molar-refractivity contribution in [2.24, 2.45) is 0 Å². The molecule has 0 spiro atoms. The molecule has 2 aliphatic rings. The third kappa shape index (κ3) is 5.55. The number of aliphatic hydroxyl groups excluding tert-OH is 5. The van der Waals surface area contributed by atoms with Gasteiger partial charge in [-0.25, -0.2) is 0 Å². The predicted octanol–water partition coefficient (Wildman–Crippen LogP) is -1.69. The molecule has 43 heavy (non-hydrogen) atoms. The van der Waals surface area contributed by atoms with Crippen molar-refractivity contribution in [1.82, 2.24) is 0 Å². The van der Waals surface area contributed by atoms with Gasteiger partial charge in [0.2, 0.25) is 17.5 Å². The summed E-state index contributed by atoms with van der Waals surface area (Å²) >= 11 is 0. The fraction of sp³-hybridized carbons (Fsp3) is 0.444. The van der Waals surface area contributed by atoms with Gasteiger partial charge in [0.25, 0.3) is 0 Å². The van der Waals surface area contributed by atoms with Gasteiger partial charge >= 0.3 is 0 Å². The topological polar surface area (TPSA) is 269 Å². The van der Waals surface area contributed by atoms with Crippen molar-refractivity contribution < 1.29 is 74.4 Å². The monoisotopic (exact) mass is 610 g/mol. The van der Waals surface area contributed by atoms with Crippen molar-refractivity contribution in [3.05, 3.63) is 40.6 Å². The molecule has 0 saturated carbocycles. The van der Waals surface area contributed by atoms with Crippen LogP contribution < -0.4 is 10.2 Å². The lowest BCUT2D eigenvalue weighted by atomic mass is 9.91. The highest BCUT2D eigenvalue weighted by Gasteiger charge is 2.51. The van der Waals surface area contributed by atoms with Crippen molar-refractivity contribution in [1.29, 1.82) is 0 Å². The van der Waals surface area contributed by atoms with E-state index in [1.807, 2.05) is 0 Å². The molecule has 2 aromatic carbocycles. The van der Waals surface area contributed by atoms with Gasteiger partial charge in [-0.05, 0) is 25.1 Å². The number of benzene rings is 2. The Bertz CT molecular complexity index is 1560. The number of hydrogen-bond donors (Lipinski definition) is 10. The van der Waals surface area contributed by atoms with Crippen LogP contribution in [0.1, 0.15) is 6.92 Å². The highest BCUT2D eigenvalue weighted by Crippen LogP contribution is 2.39. The fourth-order valence-electron chi connectivity index (χ4n) is 4.83. The van der Waals surface area contributed by atoms with E-state index in [0.29, 0.717) is 0 Å². The smallest absolute Gasteiger partial charge is 0.239 e. The van der Waals surface area contributed by atoms with Crippen LogP contribution >= 0.6 is 0 Å². The van der Waals surface area contributed by atoms with Crippen LogP contribution in [0.2, 0.25) is 0 Å². The van der Waals surface area contributed by atoms with E-state index in [1.54, 1.807) is 0 Å². The minimum absolute atomic E-state index is 0.0181. The Balaban J connectivity index is 1.42. The van der Waals surface area contributed by atoms with Gasteiger partial charge in [-0.15, -0.1) is 0 Å². The van der Waals surface area contributed by atoms with Gasteiger partial charge in [0.05, 0.1) is 19.3 Å². The van der Waals surface area contributed by atoms with Crippen LogP contribution in [-0.2, 0) is 14.2 Å². The largest absolute Gasteiger partial charge is 0.508 e. The van der Waals surface area contributed by atoms with Gasteiger partial charge in [0.1, 0.15) is 58.6 Å². The summed E-state index contributed by atoms with van der Waals surface area (Å²) in [5.41, 5.74) is -3.63. The maximum Gasteiger partial charge on any atom is 0.239 e. The first-order valence-electron chi connectivity index (χ1n) is 12.9. The molecule has 0 amide bonds. The van der Waals surface area contributed by atoms with Gasteiger partial charge in [-0.3, -0.25) is 4.79 Å². The number of rotatable bonds is 6. The molecule has 3 heterocycles. The standard InChI is InChI=1S/C27H30O16/c1-9-17(32)19(34)20(35)25(41-9)39-7-27(38)8-40-26(21(36)24(27)37)43-23-18(33)16-14(31)5-11(28)6-15(16)42-22(23)10-2-3-12(29)13(30)4-10/h2-6,9,17,19-21,24-26,28-32,34-38H,7-8H2,1H3/t9?,17-,19-,20?,21?,24+,25+,26-,27+/m0/s1. The lowest BCUT2D eigenvalue weighted by molar-refractivity contribution is -0.326. The van der Waals surface area contributed by atoms with E-state index in [-0.39, 0.29) is 16.9 Å². The van der Waals surface area contributed by atoms with E-state index >= 15 is 0 Å². The molecule has 5 rings (SSSR count). The molecule has 2 aliphatic heterocycles. The average Bonchev–Trinajstić information content (AvgIpc) is 2.95. The van der Waals surface area contributed by atoms with Crippen LogP contribution in [0.5, 0.6) is 28.7 Å². The van der Waals surface area contributed by atoms with Crippen LogP contribution in [0.25, 0.3) is 22.3 Å². The maximum atomic E-state index is 13.5. The lowest BCUT2D eigenvalue weighted by Gasteiger charge is -2.44. The number of hydrogen-bond acceptors (Lipinski definition) is 16. The van der Waals surface area contributed by atoms with E-state index in [4.69, 9.17) is 23.4 Å². The Morgan fingerprint density at radius 1 is 0.884 bits per heavy atom. The fourth-order valence-corrected chi connectivity index (χ4v) is 4.83. The average molecular weight is 611 g/mol. The second-order valence-electron chi connectivity index (χ2n) is 10.5. The molecule has 2 saturated heterocycles. The summed E-state index contributed by atoms with van der Waals surface area (Å²) in [6.07, 6.45) is -13.1. The maximum absolute atomic E-state index is 13.5. The predicted molar refractivity (Wildman–Crippen MR) is 140 cm³/mol. The van der Waals surface area contributed by atoms with Gasteiger partial charge in [-0.1, -0.05) is 0 Å². The van der Waals surface area contributed by atoms with Crippen molar-refractivity contribution in [3.63, 3.8) is 0 Å². The quantitative estimate of drug-likeness (QED) is 0.140. The zero-order valence-corrected chi connectivity index (χ0v) is 22.3. The molecule has 0 aliphatic carbocycles. The number of ether oxygens (including phenoxy) is 4. The first kappa shape index (κ1) is 30.7. The highest BCUT2D eigenvalue weighted by atomic mass is 16.7. The normalized spacial score (nSPS) is 33.0. The minimum Gasteiger partial charge on any atom is -0.508 e. The summed E-state index contributed by atoms with van der Waals surface area (Å²) in [7, 11) is 0. The van der Waals surface area contributed by atoms with E-state index in [2.05, 4.69) is 0 Å². The number of fused-ring (bicyclic) bond motifs is 1. The zero-order valence-electron chi connectivity index (χ0n) is 22.3. The van der Waals surface area contributed by atoms with Crippen molar-refractivity contribution in [2.45, 2.75) is 61.7 Å². The molecule has 3 unspecified atom stereocenters. The third-order valence-corrected chi connectivity index (χ3v) is 7.35. The van der Waals surface area contributed by atoms with Crippen LogP contribution in [0, 0.1) is 0 Å². The Hall–Kier alpha value is -3.71. The van der Waals surface area contributed by atoms with E-state index in [9.17, 15) is 55.9 Å². The Labute approximate surface area is 241 Å².